The van der Waals surface area contributed by atoms with Gasteiger partial charge in [0.25, 0.3) is 0 Å². The van der Waals surface area contributed by atoms with Crippen molar-refractivity contribution in [2.75, 3.05) is 0 Å². The summed E-state index contributed by atoms with van der Waals surface area (Å²) < 4.78 is 28.8. The smallest absolute Gasteiger partial charge is 0.335 e. The van der Waals surface area contributed by atoms with E-state index in [9.17, 15) is 18.3 Å². The number of carboxylic acids is 1. The lowest BCUT2D eigenvalue weighted by molar-refractivity contribution is 0.0697. The van der Waals surface area contributed by atoms with Gasteiger partial charge in [-0.1, -0.05) is 57.5 Å². The SMILES string of the molecule is O=C(O)c1cccc(-n2nnc(S(=O)(=O)c3ccc(Br)cc3)c2-c2ccccc2)c1. The molecule has 9 heteroatoms. The molecule has 0 spiro atoms. The molecule has 0 unspecified atom stereocenters. The quantitative estimate of drug-likeness (QED) is 0.455. The first-order valence-electron chi connectivity index (χ1n) is 8.73. The van der Waals surface area contributed by atoms with Gasteiger partial charge in [0, 0.05) is 10.0 Å². The Kier molecular flexibility index (Phi) is 5.23. The van der Waals surface area contributed by atoms with E-state index in [2.05, 4.69) is 26.2 Å². The van der Waals surface area contributed by atoms with Gasteiger partial charge in [-0.15, -0.1) is 5.10 Å². The third-order valence-corrected chi connectivity index (χ3v) is 6.61. The van der Waals surface area contributed by atoms with Crippen LogP contribution in [0.1, 0.15) is 10.4 Å². The largest absolute Gasteiger partial charge is 0.478 e. The normalized spacial score (nSPS) is 11.4. The van der Waals surface area contributed by atoms with Crippen LogP contribution < -0.4 is 0 Å². The van der Waals surface area contributed by atoms with Gasteiger partial charge in [-0.2, -0.15) is 0 Å². The maximum Gasteiger partial charge on any atom is 0.335 e. The molecule has 0 saturated carbocycles. The molecule has 0 aliphatic carbocycles. The second-order valence-corrected chi connectivity index (χ2v) is 9.11. The molecule has 150 valence electrons. The lowest BCUT2D eigenvalue weighted by atomic mass is 10.1. The molecule has 4 aromatic rings. The van der Waals surface area contributed by atoms with Gasteiger partial charge in [0.2, 0.25) is 14.9 Å². The first-order chi connectivity index (χ1) is 14.4. The zero-order valence-corrected chi connectivity index (χ0v) is 17.7. The molecule has 0 atom stereocenters. The number of hydrogen-bond donors (Lipinski definition) is 1. The lowest BCUT2D eigenvalue weighted by Gasteiger charge is -2.10. The van der Waals surface area contributed by atoms with Crippen molar-refractivity contribution in [3.05, 3.63) is 88.9 Å². The Balaban J connectivity index is 1.97. The van der Waals surface area contributed by atoms with Gasteiger partial charge in [-0.05, 0) is 42.5 Å². The first-order valence-corrected chi connectivity index (χ1v) is 11.0. The summed E-state index contributed by atoms with van der Waals surface area (Å²) in [5, 5.41) is 17.1. The standard InChI is InChI=1S/C21H14BrN3O4S/c22-16-9-11-18(12-10-16)30(28,29)20-19(14-5-2-1-3-6-14)25(24-23-20)17-8-4-7-15(13-17)21(26)27/h1-13H,(H,26,27). The van der Waals surface area contributed by atoms with Gasteiger partial charge >= 0.3 is 5.97 Å². The fourth-order valence-corrected chi connectivity index (χ4v) is 4.55. The summed E-state index contributed by atoms with van der Waals surface area (Å²) >= 11 is 3.30. The summed E-state index contributed by atoms with van der Waals surface area (Å²) in [6, 6.07) is 21.2. The molecule has 0 fully saturated rings. The number of sulfone groups is 1. The highest BCUT2D eigenvalue weighted by Crippen LogP contribution is 2.32. The van der Waals surface area contributed by atoms with E-state index in [4.69, 9.17) is 0 Å². The number of hydrogen-bond acceptors (Lipinski definition) is 5. The fraction of sp³-hybridized carbons (Fsp3) is 0. The van der Waals surface area contributed by atoms with Crippen LogP contribution in [0.25, 0.3) is 16.9 Å². The van der Waals surface area contributed by atoms with Crippen LogP contribution in [0.2, 0.25) is 0 Å². The number of aromatic carboxylic acids is 1. The van der Waals surface area contributed by atoms with Crippen molar-refractivity contribution in [1.29, 1.82) is 0 Å². The predicted molar refractivity (Wildman–Crippen MR) is 113 cm³/mol. The molecule has 4 rings (SSSR count). The number of carbonyl (C=O) groups is 1. The lowest BCUT2D eigenvalue weighted by Crippen LogP contribution is -2.06. The molecule has 1 N–H and O–H groups in total. The number of nitrogens with zero attached hydrogens (tertiary/aromatic N) is 3. The molecule has 0 aliphatic heterocycles. The summed E-state index contributed by atoms with van der Waals surface area (Å²) in [4.78, 5) is 11.4. The predicted octanol–water partition coefficient (Wildman–Crippen LogP) is 4.23. The second kappa shape index (κ2) is 7.85. The summed E-state index contributed by atoms with van der Waals surface area (Å²) in [5.41, 5.74) is 1.28. The minimum absolute atomic E-state index is 0.0549. The molecule has 1 heterocycles. The van der Waals surface area contributed by atoms with Crippen molar-refractivity contribution in [2.24, 2.45) is 0 Å². The number of carboxylic acid groups (broad SMARTS) is 1. The second-order valence-electron chi connectivity index (χ2n) is 6.33. The Bertz CT molecular complexity index is 1330. The third-order valence-electron chi connectivity index (χ3n) is 4.40. The van der Waals surface area contributed by atoms with Crippen LogP contribution >= 0.6 is 15.9 Å². The maximum absolute atomic E-state index is 13.3. The van der Waals surface area contributed by atoms with Crippen LogP contribution in [0.5, 0.6) is 0 Å². The third kappa shape index (κ3) is 3.64. The molecule has 0 amide bonds. The Morgan fingerprint density at radius 2 is 1.63 bits per heavy atom. The highest BCUT2D eigenvalue weighted by atomic mass is 79.9. The molecule has 0 saturated heterocycles. The molecule has 1 aromatic heterocycles. The van der Waals surface area contributed by atoms with Crippen molar-refractivity contribution >= 4 is 31.7 Å². The van der Waals surface area contributed by atoms with Crippen LogP contribution in [0.4, 0.5) is 0 Å². The van der Waals surface area contributed by atoms with E-state index >= 15 is 0 Å². The van der Waals surface area contributed by atoms with Crippen molar-refractivity contribution in [1.82, 2.24) is 15.0 Å². The average Bonchev–Trinajstić information content (AvgIpc) is 3.21. The Morgan fingerprint density at radius 1 is 0.933 bits per heavy atom. The average molecular weight is 484 g/mol. The van der Waals surface area contributed by atoms with Gasteiger partial charge in [-0.3, -0.25) is 0 Å². The van der Waals surface area contributed by atoms with E-state index in [1.54, 1.807) is 48.5 Å². The van der Waals surface area contributed by atoms with E-state index in [-0.39, 0.29) is 21.2 Å². The maximum atomic E-state index is 13.3. The van der Waals surface area contributed by atoms with E-state index in [1.165, 1.54) is 28.9 Å². The number of halogens is 1. The van der Waals surface area contributed by atoms with Crippen molar-refractivity contribution in [3.63, 3.8) is 0 Å². The Hall–Kier alpha value is -3.30. The molecule has 3 aromatic carbocycles. The van der Waals surface area contributed by atoms with Crippen LogP contribution in [0.15, 0.2) is 93.3 Å². The fourth-order valence-electron chi connectivity index (χ4n) is 2.97. The molecular weight excluding hydrogens is 470 g/mol. The van der Waals surface area contributed by atoms with Gasteiger partial charge in [0.05, 0.1) is 16.1 Å². The van der Waals surface area contributed by atoms with E-state index in [0.29, 0.717) is 11.3 Å². The van der Waals surface area contributed by atoms with Crippen LogP contribution in [0.3, 0.4) is 0 Å². The van der Waals surface area contributed by atoms with Crippen LogP contribution in [0, 0.1) is 0 Å². The molecule has 0 radical (unpaired) electrons. The summed E-state index contributed by atoms with van der Waals surface area (Å²) in [7, 11) is -3.98. The summed E-state index contributed by atoms with van der Waals surface area (Å²) in [5.74, 6) is -1.10. The molecule has 0 bridgehead atoms. The number of aromatic nitrogens is 3. The van der Waals surface area contributed by atoms with Gasteiger partial charge in [0.15, 0.2) is 0 Å². The topological polar surface area (TPSA) is 102 Å². The first kappa shape index (κ1) is 20.0. The zero-order valence-electron chi connectivity index (χ0n) is 15.3. The minimum atomic E-state index is -3.98. The molecule has 7 nitrogen and oxygen atoms in total. The van der Waals surface area contributed by atoms with Crippen molar-refractivity contribution in [3.8, 4) is 16.9 Å². The van der Waals surface area contributed by atoms with Crippen LogP contribution in [-0.2, 0) is 9.84 Å². The molecule has 30 heavy (non-hydrogen) atoms. The minimum Gasteiger partial charge on any atom is -0.478 e. The number of rotatable bonds is 5. The highest BCUT2D eigenvalue weighted by molar-refractivity contribution is 9.10. The van der Waals surface area contributed by atoms with Crippen LogP contribution in [-0.4, -0.2) is 34.5 Å². The number of benzene rings is 3. The van der Waals surface area contributed by atoms with E-state index in [0.717, 1.165) is 4.47 Å². The van der Waals surface area contributed by atoms with Crippen molar-refractivity contribution < 1.29 is 18.3 Å². The highest BCUT2D eigenvalue weighted by Gasteiger charge is 2.29. The molecule has 0 aliphatic rings. The van der Waals surface area contributed by atoms with E-state index < -0.39 is 15.8 Å². The monoisotopic (exact) mass is 483 g/mol. The van der Waals surface area contributed by atoms with Gasteiger partial charge in [-0.25, -0.2) is 17.9 Å². The Labute approximate surface area is 180 Å². The summed E-state index contributed by atoms with van der Waals surface area (Å²) in [6.07, 6.45) is 0. The molecular formula is C21H14BrN3O4S. The Morgan fingerprint density at radius 3 is 2.30 bits per heavy atom. The summed E-state index contributed by atoms with van der Waals surface area (Å²) in [6.45, 7) is 0. The zero-order chi connectivity index (χ0) is 21.3. The van der Waals surface area contributed by atoms with Gasteiger partial charge < -0.3 is 5.11 Å². The van der Waals surface area contributed by atoms with E-state index in [1.807, 2.05) is 6.07 Å². The van der Waals surface area contributed by atoms with Crippen molar-refractivity contribution in [2.45, 2.75) is 9.92 Å². The van der Waals surface area contributed by atoms with Gasteiger partial charge in [0.1, 0.15) is 5.69 Å².